The lowest BCUT2D eigenvalue weighted by molar-refractivity contribution is -0.0675. The van der Waals surface area contributed by atoms with Crippen molar-refractivity contribution in [2.45, 2.75) is 24.5 Å². The first-order valence-corrected chi connectivity index (χ1v) is 5.23. The van der Waals surface area contributed by atoms with Gasteiger partial charge in [-0.05, 0) is 0 Å². The molecule has 3 N–H and O–H groups in total. The van der Waals surface area contributed by atoms with Crippen molar-refractivity contribution in [3.63, 3.8) is 0 Å². The summed E-state index contributed by atoms with van der Waals surface area (Å²) < 4.78 is 10.9. The Labute approximate surface area is 101 Å². The van der Waals surface area contributed by atoms with Gasteiger partial charge in [0.05, 0.1) is 6.61 Å². The zero-order valence-electron chi connectivity index (χ0n) is 9.52. The monoisotopic (exact) mass is 259 g/mol. The Morgan fingerprint density at radius 1 is 1.50 bits per heavy atom. The topological polar surface area (TPSA) is 127 Å². The number of nitrogens with one attached hydrogen (secondary N) is 1. The molecule has 0 aromatic carbocycles. The van der Waals surface area contributed by atoms with Gasteiger partial charge in [0, 0.05) is 7.11 Å². The summed E-state index contributed by atoms with van der Waals surface area (Å²) in [7, 11) is 1.42. The van der Waals surface area contributed by atoms with Gasteiger partial charge in [-0.3, -0.25) is 9.78 Å². The molecule has 9 nitrogen and oxygen atoms in total. The van der Waals surface area contributed by atoms with Gasteiger partial charge in [-0.15, -0.1) is 0 Å². The van der Waals surface area contributed by atoms with Crippen molar-refractivity contribution in [3.8, 4) is 0 Å². The third-order valence-electron chi connectivity index (χ3n) is 2.65. The van der Waals surface area contributed by atoms with Crippen LogP contribution in [0.2, 0.25) is 0 Å². The Bertz CT molecular complexity index is 526. The Balaban J connectivity index is 2.29. The van der Waals surface area contributed by atoms with Crippen LogP contribution >= 0.6 is 0 Å². The van der Waals surface area contributed by atoms with E-state index in [-0.39, 0.29) is 6.61 Å². The predicted molar refractivity (Wildman–Crippen MR) is 56.9 cm³/mol. The molecule has 0 saturated carbocycles. The molecule has 1 aliphatic rings. The summed E-state index contributed by atoms with van der Waals surface area (Å²) in [5.74, 6) is 0. The molecule has 100 valence electrons. The lowest BCUT2D eigenvalue weighted by atomic mass is 10.1. The highest BCUT2D eigenvalue weighted by atomic mass is 16.6. The second kappa shape index (κ2) is 4.98. The summed E-state index contributed by atoms with van der Waals surface area (Å²) >= 11 is 0. The van der Waals surface area contributed by atoms with Gasteiger partial charge >= 0.3 is 5.69 Å². The van der Waals surface area contributed by atoms with Crippen LogP contribution in [0.15, 0.2) is 15.8 Å². The van der Waals surface area contributed by atoms with E-state index in [9.17, 15) is 19.8 Å². The van der Waals surface area contributed by atoms with Crippen LogP contribution < -0.4 is 11.2 Å². The molecule has 0 radical (unpaired) electrons. The van der Waals surface area contributed by atoms with E-state index in [1.54, 1.807) is 0 Å². The Morgan fingerprint density at radius 3 is 2.83 bits per heavy atom. The molecule has 0 spiro atoms. The van der Waals surface area contributed by atoms with Gasteiger partial charge in [-0.25, -0.2) is 4.79 Å². The van der Waals surface area contributed by atoms with Crippen LogP contribution in [-0.4, -0.2) is 57.0 Å². The van der Waals surface area contributed by atoms with E-state index in [0.29, 0.717) is 0 Å². The fourth-order valence-electron chi connectivity index (χ4n) is 1.78. The number of nitrogens with zero attached hydrogens (tertiary/aromatic N) is 2. The van der Waals surface area contributed by atoms with Gasteiger partial charge in [0.1, 0.15) is 24.5 Å². The zero-order valence-corrected chi connectivity index (χ0v) is 9.52. The summed E-state index contributed by atoms with van der Waals surface area (Å²) in [5, 5.41) is 23.0. The van der Waals surface area contributed by atoms with E-state index in [0.717, 1.165) is 10.9 Å². The molecule has 18 heavy (non-hydrogen) atoms. The number of hydrogen-bond acceptors (Lipinski definition) is 7. The minimum atomic E-state index is -1.33. The number of rotatable bonds is 3. The number of aliphatic hydroxyl groups is 2. The smallest absolute Gasteiger partial charge is 0.347 e. The third kappa shape index (κ3) is 2.20. The van der Waals surface area contributed by atoms with E-state index in [1.807, 2.05) is 4.98 Å². The molecule has 4 atom stereocenters. The van der Waals surface area contributed by atoms with Crippen LogP contribution in [0.4, 0.5) is 0 Å². The van der Waals surface area contributed by atoms with Crippen molar-refractivity contribution >= 4 is 0 Å². The van der Waals surface area contributed by atoms with Crippen LogP contribution in [0.1, 0.15) is 6.23 Å². The van der Waals surface area contributed by atoms with Gasteiger partial charge in [-0.2, -0.15) is 9.78 Å². The molecular formula is C9H13N3O6. The average molecular weight is 259 g/mol. The maximum Gasteiger partial charge on any atom is 0.347 e. The number of aliphatic hydroxyl groups excluding tert-OH is 2. The van der Waals surface area contributed by atoms with Crippen molar-refractivity contribution in [2.24, 2.45) is 0 Å². The van der Waals surface area contributed by atoms with E-state index in [1.165, 1.54) is 7.11 Å². The average Bonchev–Trinajstić information content (AvgIpc) is 2.58. The van der Waals surface area contributed by atoms with Crippen molar-refractivity contribution in [1.29, 1.82) is 0 Å². The first kappa shape index (κ1) is 12.9. The second-order valence-corrected chi connectivity index (χ2v) is 3.89. The SMILES string of the molecule is COCC1OC(n2ncc(=O)[nH]c2=O)[C@H](O)[C@@H]1O. The lowest BCUT2D eigenvalue weighted by Gasteiger charge is -2.14. The van der Waals surface area contributed by atoms with Gasteiger partial charge in [-0.1, -0.05) is 0 Å². The fraction of sp³-hybridized carbons (Fsp3) is 0.667. The first-order valence-electron chi connectivity index (χ1n) is 5.23. The molecule has 2 unspecified atom stereocenters. The molecule has 2 rings (SSSR count). The van der Waals surface area contributed by atoms with Crippen LogP contribution in [0.5, 0.6) is 0 Å². The molecule has 0 bridgehead atoms. The first-order chi connectivity index (χ1) is 8.54. The number of ether oxygens (including phenoxy) is 2. The molecule has 1 aromatic rings. The number of aromatic amines is 1. The van der Waals surface area contributed by atoms with Crippen molar-refractivity contribution < 1.29 is 19.7 Å². The van der Waals surface area contributed by atoms with Gasteiger partial charge in [0.2, 0.25) is 0 Å². The van der Waals surface area contributed by atoms with Crippen molar-refractivity contribution in [1.82, 2.24) is 14.8 Å². The van der Waals surface area contributed by atoms with Gasteiger partial charge in [0.25, 0.3) is 5.56 Å². The highest BCUT2D eigenvalue weighted by Crippen LogP contribution is 2.27. The second-order valence-electron chi connectivity index (χ2n) is 3.89. The van der Waals surface area contributed by atoms with Crippen LogP contribution in [-0.2, 0) is 9.47 Å². The molecule has 1 saturated heterocycles. The minimum absolute atomic E-state index is 0.0623. The highest BCUT2D eigenvalue weighted by molar-refractivity contribution is 4.88. The number of methoxy groups -OCH3 is 1. The summed E-state index contributed by atoms with van der Waals surface area (Å²) in [6.07, 6.45) is -3.58. The lowest BCUT2D eigenvalue weighted by Crippen LogP contribution is -2.39. The van der Waals surface area contributed by atoms with E-state index in [2.05, 4.69) is 5.10 Å². The van der Waals surface area contributed by atoms with E-state index in [4.69, 9.17) is 9.47 Å². The normalized spacial score (nSPS) is 31.7. The number of hydrogen-bond donors (Lipinski definition) is 3. The molecule has 2 heterocycles. The maximum atomic E-state index is 11.5. The standard InChI is InChI=1S/C9H13N3O6/c1-17-3-4-6(14)7(15)8(18-4)12-9(16)11-5(13)2-10-12/h2,4,6-8,14-15H,3H2,1H3,(H,11,13,16)/t4?,6-,7-,8?/m1/s1. The molecule has 9 heteroatoms. The molecule has 1 aromatic heterocycles. The van der Waals surface area contributed by atoms with E-state index >= 15 is 0 Å². The van der Waals surface area contributed by atoms with Crippen molar-refractivity contribution in [2.75, 3.05) is 13.7 Å². The molecule has 1 aliphatic heterocycles. The third-order valence-corrected chi connectivity index (χ3v) is 2.65. The van der Waals surface area contributed by atoms with Gasteiger partial charge in [0.15, 0.2) is 6.23 Å². The molecule has 0 aliphatic carbocycles. The predicted octanol–water partition coefficient (Wildman–Crippen LogP) is -2.80. The summed E-state index contributed by atoms with van der Waals surface area (Å²) in [6, 6.07) is 0. The summed E-state index contributed by atoms with van der Waals surface area (Å²) in [5.41, 5.74) is -1.48. The number of aromatic nitrogens is 3. The van der Waals surface area contributed by atoms with Crippen LogP contribution in [0.25, 0.3) is 0 Å². The fourth-order valence-corrected chi connectivity index (χ4v) is 1.78. The Kier molecular flexibility index (Phi) is 3.57. The van der Waals surface area contributed by atoms with E-state index < -0.39 is 35.8 Å². The maximum absolute atomic E-state index is 11.5. The molecular weight excluding hydrogens is 246 g/mol. The zero-order chi connectivity index (χ0) is 13.3. The summed E-state index contributed by atoms with van der Waals surface area (Å²) in [4.78, 5) is 24.3. The number of H-pyrrole nitrogens is 1. The quantitative estimate of drug-likeness (QED) is 0.535. The van der Waals surface area contributed by atoms with Gasteiger partial charge < -0.3 is 19.7 Å². The molecule has 0 amide bonds. The Hall–Kier alpha value is -1.55. The largest absolute Gasteiger partial charge is 0.387 e. The minimum Gasteiger partial charge on any atom is -0.387 e. The highest BCUT2D eigenvalue weighted by Gasteiger charge is 2.44. The summed E-state index contributed by atoms with van der Waals surface area (Å²) in [6.45, 7) is 0.0623. The van der Waals surface area contributed by atoms with Crippen molar-refractivity contribution in [3.05, 3.63) is 27.0 Å². The van der Waals surface area contributed by atoms with Crippen LogP contribution in [0, 0.1) is 0 Å². The molecule has 1 fully saturated rings. The van der Waals surface area contributed by atoms with Crippen LogP contribution in [0.3, 0.4) is 0 Å². The Morgan fingerprint density at radius 2 is 2.22 bits per heavy atom.